The fourth-order valence-corrected chi connectivity index (χ4v) is 1.75. The maximum atomic E-state index is 4.27. The molecule has 0 fully saturated rings. The molecule has 0 amide bonds. The molecule has 0 radical (unpaired) electrons. The van der Waals surface area contributed by atoms with Crippen LogP contribution in [-0.2, 0) is 13.0 Å². The quantitative estimate of drug-likeness (QED) is 0.736. The van der Waals surface area contributed by atoms with E-state index in [4.69, 9.17) is 0 Å². The lowest BCUT2D eigenvalue weighted by atomic mass is 10.2. The first-order valence-electron chi connectivity index (χ1n) is 5.24. The number of halogens is 1. The van der Waals surface area contributed by atoms with Crippen LogP contribution in [0.4, 0.5) is 0 Å². The molecule has 0 saturated carbocycles. The van der Waals surface area contributed by atoms with Crippen molar-refractivity contribution in [3.05, 3.63) is 12.2 Å². The fraction of sp³-hybridized carbons (Fsp3) is 0.800. The number of nitrogens with zero attached hydrogens (tertiary/aromatic N) is 3. The lowest BCUT2D eigenvalue weighted by molar-refractivity contribution is 0.557. The normalized spacial score (nSPS) is 13.1. The summed E-state index contributed by atoms with van der Waals surface area (Å²) in [5, 5.41) is 4.20. The minimum Gasteiger partial charge on any atom is -0.250 e. The van der Waals surface area contributed by atoms with Gasteiger partial charge in [0, 0.05) is 17.8 Å². The van der Waals surface area contributed by atoms with Crippen LogP contribution >= 0.6 is 15.9 Å². The second-order valence-corrected chi connectivity index (χ2v) is 5.14. The van der Waals surface area contributed by atoms with Gasteiger partial charge in [0.1, 0.15) is 12.2 Å². The van der Waals surface area contributed by atoms with Crippen LogP contribution < -0.4 is 0 Å². The highest BCUT2D eigenvalue weighted by molar-refractivity contribution is 9.09. The van der Waals surface area contributed by atoms with Gasteiger partial charge in [-0.1, -0.05) is 29.8 Å². The van der Waals surface area contributed by atoms with Crippen LogP contribution in [0.2, 0.25) is 0 Å². The van der Waals surface area contributed by atoms with Gasteiger partial charge in [0.25, 0.3) is 0 Å². The summed E-state index contributed by atoms with van der Waals surface area (Å²) in [7, 11) is 0. The van der Waals surface area contributed by atoms with E-state index in [1.165, 1.54) is 12.8 Å². The minimum absolute atomic E-state index is 0.602. The number of aromatic nitrogens is 3. The zero-order chi connectivity index (χ0) is 10.4. The van der Waals surface area contributed by atoms with Crippen molar-refractivity contribution < 1.29 is 0 Å². The fourth-order valence-electron chi connectivity index (χ4n) is 1.42. The molecule has 0 N–H and O–H groups in total. The summed E-state index contributed by atoms with van der Waals surface area (Å²) < 4.78 is 2.01. The van der Waals surface area contributed by atoms with E-state index in [-0.39, 0.29) is 0 Å². The Hall–Kier alpha value is -0.380. The van der Waals surface area contributed by atoms with Crippen molar-refractivity contribution in [3.8, 4) is 0 Å². The molecule has 1 atom stereocenters. The van der Waals surface area contributed by atoms with E-state index in [1.54, 1.807) is 6.33 Å². The van der Waals surface area contributed by atoms with E-state index in [1.807, 2.05) is 4.68 Å². The monoisotopic (exact) mass is 259 g/mol. The predicted molar refractivity (Wildman–Crippen MR) is 61.6 cm³/mol. The Morgan fingerprint density at radius 1 is 1.57 bits per heavy atom. The van der Waals surface area contributed by atoms with Crippen LogP contribution in [0.3, 0.4) is 0 Å². The molecule has 14 heavy (non-hydrogen) atoms. The molecule has 0 aliphatic rings. The zero-order valence-corrected chi connectivity index (χ0v) is 10.5. The molecule has 0 bridgehead atoms. The van der Waals surface area contributed by atoms with E-state index in [0.29, 0.717) is 4.83 Å². The van der Waals surface area contributed by atoms with Crippen LogP contribution in [0.25, 0.3) is 0 Å². The molecule has 1 unspecified atom stereocenters. The Labute approximate surface area is 94.0 Å². The largest absolute Gasteiger partial charge is 0.250 e. The smallest absolute Gasteiger partial charge is 0.138 e. The first-order valence-corrected chi connectivity index (χ1v) is 6.16. The Balaban J connectivity index is 2.37. The Morgan fingerprint density at radius 3 is 3.00 bits per heavy atom. The topological polar surface area (TPSA) is 30.7 Å². The first-order chi connectivity index (χ1) is 6.74. The number of hydrogen-bond donors (Lipinski definition) is 0. The molecule has 1 heterocycles. The van der Waals surface area contributed by atoms with Crippen molar-refractivity contribution in [2.24, 2.45) is 0 Å². The molecule has 1 aromatic heterocycles. The molecule has 80 valence electrons. The van der Waals surface area contributed by atoms with E-state index < -0.39 is 0 Å². The van der Waals surface area contributed by atoms with Crippen molar-refractivity contribution in [1.29, 1.82) is 0 Å². The molecule has 1 aromatic rings. The van der Waals surface area contributed by atoms with Crippen molar-refractivity contribution in [2.45, 2.75) is 50.9 Å². The maximum absolute atomic E-state index is 4.27. The van der Waals surface area contributed by atoms with Crippen LogP contribution in [0.15, 0.2) is 6.33 Å². The van der Waals surface area contributed by atoms with Crippen molar-refractivity contribution in [3.63, 3.8) is 0 Å². The summed E-state index contributed by atoms with van der Waals surface area (Å²) >= 11 is 3.55. The van der Waals surface area contributed by atoms with Gasteiger partial charge in [-0.3, -0.25) is 4.68 Å². The Bertz CT molecular complexity index is 258. The van der Waals surface area contributed by atoms with Gasteiger partial charge in [0.2, 0.25) is 0 Å². The first kappa shape index (κ1) is 11.7. The highest BCUT2D eigenvalue weighted by Gasteiger charge is 2.03. The van der Waals surface area contributed by atoms with Crippen LogP contribution in [0.1, 0.15) is 38.9 Å². The molecule has 3 nitrogen and oxygen atoms in total. The van der Waals surface area contributed by atoms with Gasteiger partial charge in [-0.15, -0.1) is 0 Å². The summed E-state index contributed by atoms with van der Waals surface area (Å²) in [6, 6.07) is 0. The van der Waals surface area contributed by atoms with Crippen LogP contribution in [-0.4, -0.2) is 19.6 Å². The van der Waals surface area contributed by atoms with Gasteiger partial charge >= 0.3 is 0 Å². The lowest BCUT2D eigenvalue weighted by Gasteiger charge is -2.05. The van der Waals surface area contributed by atoms with E-state index in [0.717, 1.165) is 25.2 Å². The molecule has 0 spiro atoms. The number of hydrogen-bond acceptors (Lipinski definition) is 2. The minimum atomic E-state index is 0.602. The average Bonchev–Trinajstić information content (AvgIpc) is 2.53. The third kappa shape index (κ3) is 3.78. The van der Waals surface area contributed by atoms with Crippen LogP contribution in [0.5, 0.6) is 0 Å². The molecular weight excluding hydrogens is 242 g/mol. The number of rotatable bonds is 6. The standard InChI is InChI=1S/C10H18BrN3/c1-3-7-14-10(12-8-13-14)6-4-5-9(2)11/h8-9H,3-7H2,1-2H3. The zero-order valence-electron chi connectivity index (χ0n) is 8.91. The Morgan fingerprint density at radius 2 is 2.36 bits per heavy atom. The number of alkyl halides is 1. The second-order valence-electron chi connectivity index (χ2n) is 3.57. The van der Waals surface area contributed by atoms with Gasteiger partial charge in [-0.05, 0) is 19.3 Å². The van der Waals surface area contributed by atoms with Crippen molar-refractivity contribution in [1.82, 2.24) is 14.8 Å². The molecule has 0 aromatic carbocycles. The molecule has 4 heteroatoms. The van der Waals surface area contributed by atoms with Gasteiger partial charge in [0.15, 0.2) is 0 Å². The van der Waals surface area contributed by atoms with Crippen molar-refractivity contribution in [2.75, 3.05) is 0 Å². The molecule has 0 aliphatic heterocycles. The maximum Gasteiger partial charge on any atom is 0.138 e. The average molecular weight is 260 g/mol. The summed E-state index contributed by atoms with van der Waals surface area (Å²) in [6.07, 6.45) is 6.18. The summed E-state index contributed by atoms with van der Waals surface area (Å²) in [6.45, 7) is 5.32. The lowest BCUT2D eigenvalue weighted by Crippen LogP contribution is -2.06. The molecule has 0 saturated heterocycles. The van der Waals surface area contributed by atoms with E-state index >= 15 is 0 Å². The van der Waals surface area contributed by atoms with Crippen LogP contribution in [0, 0.1) is 0 Å². The van der Waals surface area contributed by atoms with Gasteiger partial charge in [-0.2, -0.15) is 5.10 Å². The third-order valence-corrected chi connectivity index (χ3v) is 2.59. The van der Waals surface area contributed by atoms with Gasteiger partial charge in [-0.25, -0.2) is 4.98 Å². The van der Waals surface area contributed by atoms with E-state index in [2.05, 4.69) is 39.9 Å². The van der Waals surface area contributed by atoms with Crippen molar-refractivity contribution >= 4 is 15.9 Å². The van der Waals surface area contributed by atoms with Gasteiger partial charge < -0.3 is 0 Å². The second kappa shape index (κ2) is 6.17. The molecule has 1 rings (SSSR count). The van der Waals surface area contributed by atoms with E-state index in [9.17, 15) is 0 Å². The SMILES string of the molecule is CCCn1ncnc1CCCC(C)Br. The predicted octanol–water partition coefficient (Wildman–Crippen LogP) is 2.79. The summed E-state index contributed by atoms with van der Waals surface area (Å²) in [5.74, 6) is 1.12. The molecule has 0 aliphatic carbocycles. The Kier molecular flexibility index (Phi) is 5.15. The highest BCUT2D eigenvalue weighted by Crippen LogP contribution is 2.09. The summed E-state index contributed by atoms with van der Waals surface area (Å²) in [4.78, 5) is 4.87. The third-order valence-electron chi connectivity index (χ3n) is 2.13. The highest BCUT2D eigenvalue weighted by atomic mass is 79.9. The van der Waals surface area contributed by atoms with Gasteiger partial charge in [0.05, 0.1) is 0 Å². The molecular formula is C10H18BrN3. The summed E-state index contributed by atoms with van der Waals surface area (Å²) in [5.41, 5.74) is 0. The number of aryl methyl sites for hydroxylation is 2.